The van der Waals surface area contributed by atoms with E-state index in [2.05, 4.69) is 5.10 Å². The Morgan fingerprint density at radius 3 is 2.40 bits per heavy atom. The van der Waals surface area contributed by atoms with Crippen molar-refractivity contribution in [3.8, 4) is 0 Å². The van der Waals surface area contributed by atoms with Crippen LogP contribution in [0.4, 0.5) is 0 Å². The maximum atomic E-state index is 6.06. The molecular formula is C11H10Cl2N2. The van der Waals surface area contributed by atoms with Crippen LogP contribution < -0.4 is 0 Å². The summed E-state index contributed by atoms with van der Waals surface area (Å²) in [5, 5.41) is 5.64. The number of benzene rings is 1. The van der Waals surface area contributed by atoms with Gasteiger partial charge in [0.15, 0.2) is 0 Å². The third-order valence-corrected chi connectivity index (χ3v) is 2.86. The van der Waals surface area contributed by atoms with E-state index in [9.17, 15) is 0 Å². The second-order valence-electron chi connectivity index (χ2n) is 3.35. The van der Waals surface area contributed by atoms with Crippen molar-refractivity contribution >= 4 is 23.2 Å². The van der Waals surface area contributed by atoms with Gasteiger partial charge in [-0.15, -0.1) is 0 Å². The second kappa shape index (κ2) is 4.25. The Labute approximate surface area is 98.4 Å². The van der Waals surface area contributed by atoms with Gasteiger partial charge in [0.2, 0.25) is 0 Å². The van der Waals surface area contributed by atoms with E-state index >= 15 is 0 Å². The summed E-state index contributed by atoms with van der Waals surface area (Å²) < 4.78 is 1.82. The Morgan fingerprint density at radius 2 is 1.87 bits per heavy atom. The van der Waals surface area contributed by atoms with Crippen molar-refractivity contribution in [2.24, 2.45) is 0 Å². The number of aryl methyl sites for hydroxylation is 1. The van der Waals surface area contributed by atoms with Gasteiger partial charge in [0.1, 0.15) is 0 Å². The van der Waals surface area contributed by atoms with E-state index in [4.69, 9.17) is 23.2 Å². The number of rotatable bonds is 2. The minimum Gasteiger partial charge on any atom is -0.268 e. The van der Waals surface area contributed by atoms with Crippen molar-refractivity contribution in [3.63, 3.8) is 0 Å². The molecule has 0 aliphatic rings. The molecule has 2 nitrogen and oxygen atoms in total. The maximum Gasteiger partial charge on any atom is 0.0688 e. The summed E-state index contributed by atoms with van der Waals surface area (Å²) in [5.41, 5.74) is 1.89. The molecule has 0 radical (unpaired) electrons. The van der Waals surface area contributed by atoms with Crippen LogP contribution in [-0.4, -0.2) is 9.78 Å². The lowest BCUT2D eigenvalue weighted by Crippen LogP contribution is -2.01. The molecule has 2 aromatic rings. The third-order valence-electron chi connectivity index (χ3n) is 2.16. The van der Waals surface area contributed by atoms with Crippen LogP contribution in [0.5, 0.6) is 0 Å². The van der Waals surface area contributed by atoms with E-state index in [0.29, 0.717) is 16.6 Å². The normalized spacial score (nSPS) is 10.6. The predicted octanol–water partition coefficient (Wildman–Crippen LogP) is 3.55. The molecule has 1 aromatic carbocycles. The van der Waals surface area contributed by atoms with Crippen LogP contribution in [0.15, 0.2) is 30.5 Å². The summed E-state index contributed by atoms with van der Waals surface area (Å²) in [7, 11) is 0. The minimum atomic E-state index is 0.604. The van der Waals surface area contributed by atoms with Gasteiger partial charge in [-0.05, 0) is 25.1 Å². The predicted molar refractivity (Wildman–Crippen MR) is 62.5 cm³/mol. The highest BCUT2D eigenvalue weighted by molar-refractivity contribution is 6.35. The van der Waals surface area contributed by atoms with Crippen molar-refractivity contribution < 1.29 is 0 Å². The van der Waals surface area contributed by atoms with Gasteiger partial charge >= 0.3 is 0 Å². The van der Waals surface area contributed by atoms with Crippen LogP contribution in [0.2, 0.25) is 10.0 Å². The molecule has 0 fully saturated rings. The molecule has 0 aliphatic heterocycles. The zero-order valence-corrected chi connectivity index (χ0v) is 9.76. The van der Waals surface area contributed by atoms with Gasteiger partial charge in [-0.1, -0.05) is 29.3 Å². The topological polar surface area (TPSA) is 17.8 Å². The molecule has 0 unspecified atom stereocenters. The van der Waals surface area contributed by atoms with E-state index < -0.39 is 0 Å². The Balaban J connectivity index is 2.31. The Kier molecular flexibility index (Phi) is 2.98. The molecule has 0 saturated carbocycles. The van der Waals surface area contributed by atoms with Crippen molar-refractivity contribution in [2.75, 3.05) is 0 Å². The summed E-state index contributed by atoms with van der Waals surface area (Å²) in [5.74, 6) is 0. The standard InChI is InChI=1S/C11H10Cl2N2/c1-8-5-6-15(14-8)7-9-10(12)3-2-4-11(9)13/h2-6H,7H2,1H3. The molecule has 0 amide bonds. The molecule has 4 heteroatoms. The molecule has 0 spiro atoms. The number of hydrogen-bond acceptors (Lipinski definition) is 1. The largest absolute Gasteiger partial charge is 0.268 e. The molecule has 1 heterocycles. The van der Waals surface area contributed by atoms with E-state index in [1.165, 1.54) is 0 Å². The Morgan fingerprint density at radius 1 is 1.20 bits per heavy atom. The van der Waals surface area contributed by atoms with E-state index in [1.807, 2.05) is 42.1 Å². The molecule has 78 valence electrons. The first-order valence-electron chi connectivity index (χ1n) is 4.60. The van der Waals surface area contributed by atoms with Gasteiger partial charge in [-0.3, -0.25) is 4.68 Å². The van der Waals surface area contributed by atoms with Gasteiger partial charge in [0.05, 0.1) is 12.2 Å². The molecule has 0 N–H and O–H groups in total. The fraction of sp³-hybridized carbons (Fsp3) is 0.182. The summed E-state index contributed by atoms with van der Waals surface area (Å²) in [6, 6.07) is 7.45. The molecule has 0 aliphatic carbocycles. The van der Waals surface area contributed by atoms with Crippen LogP contribution >= 0.6 is 23.2 Å². The van der Waals surface area contributed by atoms with E-state index in [1.54, 1.807) is 0 Å². The second-order valence-corrected chi connectivity index (χ2v) is 4.17. The number of hydrogen-bond donors (Lipinski definition) is 0. The fourth-order valence-corrected chi connectivity index (χ4v) is 1.91. The lowest BCUT2D eigenvalue weighted by Gasteiger charge is -2.06. The molecule has 0 bridgehead atoms. The van der Waals surface area contributed by atoms with E-state index in [0.717, 1.165) is 11.3 Å². The molecule has 0 saturated heterocycles. The molecule has 1 aromatic heterocycles. The van der Waals surface area contributed by atoms with Crippen LogP contribution in [0, 0.1) is 6.92 Å². The Hall–Kier alpha value is -0.990. The summed E-state index contributed by atoms with van der Waals surface area (Å²) in [4.78, 5) is 0. The smallest absolute Gasteiger partial charge is 0.0688 e. The highest BCUT2D eigenvalue weighted by atomic mass is 35.5. The van der Waals surface area contributed by atoms with Gasteiger partial charge in [0.25, 0.3) is 0 Å². The molecule has 0 atom stereocenters. The van der Waals surface area contributed by atoms with Gasteiger partial charge < -0.3 is 0 Å². The molecule has 15 heavy (non-hydrogen) atoms. The van der Waals surface area contributed by atoms with Gasteiger partial charge in [-0.2, -0.15) is 5.10 Å². The first-order chi connectivity index (χ1) is 7.16. The summed E-state index contributed by atoms with van der Waals surface area (Å²) in [6.07, 6.45) is 1.91. The van der Waals surface area contributed by atoms with E-state index in [-0.39, 0.29) is 0 Å². The third kappa shape index (κ3) is 2.33. The monoisotopic (exact) mass is 240 g/mol. The summed E-state index contributed by atoms with van der Waals surface area (Å²) >= 11 is 12.1. The highest BCUT2D eigenvalue weighted by Crippen LogP contribution is 2.24. The van der Waals surface area contributed by atoms with Crippen molar-refractivity contribution in [2.45, 2.75) is 13.5 Å². The van der Waals surface area contributed by atoms with Crippen LogP contribution in [0.1, 0.15) is 11.3 Å². The number of halogens is 2. The van der Waals surface area contributed by atoms with Crippen molar-refractivity contribution in [3.05, 3.63) is 51.8 Å². The molecular weight excluding hydrogens is 231 g/mol. The highest BCUT2D eigenvalue weighted by Gasteiger charge is 2.06. The molecule has 2 rings (SSSR count). The average molecular weight is 241 g/mol. The maximum absolute atomic E-state index is 6.06. The average Bonchev–Trinajstić information content (AvgIpc) is 2.58. The van der Waals surface area contributed by atoms with Crippen molar-refractivity contribution in [1.82, 2.24) is 9.78 Å². The van der Waals surface area contributed by atoms with Crippen LogP contribution in [-0.2, 0) is 6.54 Å². The minimum absolute atomic E-state index is 0.604. The lowest BCUT2D eigenvalue weighted by atomic mass is 10.2. The quantitative estimate of drug-likeness (QED) is 0.786. The first kappa shape index (κ1) is 10.5. The van der Waals surface area contributed by atoms with Crippen molar-refractivity contribution in [1.29, 1.82) is 0 Å². The van der Waals surface area contributed by atoms with Gasteiger partial charge in [-0.25, -0.2) is 0 Å². The zero-order valence-electron chi connectivity index (χ0n) is 8.24. The van der Waals surface area contributed by atoms with Crippen LogP contribution in [0.3, 0.4) is 0 Å². The lowest BCUT2D eigenvalue weighted by molar-refractivity contribution is 0.680. The number of nitrogens with zero attached hydrogens (tertiary/aromatic N) is 2. The zero-order chi connectivity index (χ0) is 10.8. The SMILES string of the molecule is Cc1ccn(Cc2c(Cl)cccc2Cl)n1. The van der Waals surface area contributed by atoms with Gasteiger partial charge in [0, 0.05) is 21.8 Å². The Bertz CT molecular complexity index is 457. The fourth-order valence-electron chi connectivity index (χ4n) is 1.40. The first-order valence-corrected chi connectivity index (χ1v) is 5.35. The summed E-state index contributed by atoms with van der Waals surface area (Å²) in [6.45, 7) is 2.55. The number of aromatic nitrogens is 2. The van der Waals surface area contributed by atoms with Crippen LogP contribution in [0.25, 0.3) is 0 Å².